The Morgan fingerprint density at radius 1 is 1.31 bits per heavy atom. The highest BCUT2D eigenvalue weighted by atomic mass is 35.5. The van der Waals surface area contributed by atoms with Gasteiger partial charge in [-0.2, -0.15) is 0 Å². The van der Waals surface area contributed by atoms with Crippen LogP contribution in [0.4, 0.5) is 11.4 Å². The van der Waals surface area contributed by atoms with Crippen molar-refractivity contribution in [1.29, 1.82) is 0 Å². The number of nitrogens with zero attached hydrogens (tertiary/aromatic N) is 1. The van der Waals surface area contributed by atoms with Crippen LogP contribution < -0.4 is 10.6 Å². The molecule has 0 heterocycles. The van der Waals surface area contributed by atoms with Crippen molar-refractivity contribution in [2.45, 2.75) is 18.9 Å². The van der Waals surface area contributed by atoms with Gasteiger partial charge in [-0.05, 0) is 25.0 Å². The first-order valence-corrected chi connectivity index (χ1v) is 6.01. The Kier molecular flexibility index (Phi) is 3.47. The number of benzene rings is 1. The Bertz CT molecular complexity index is 394. The van der Waals surface area contributed by atoms with E-state index in [-0.39, 0.29) is 6.61 Å². The molecule has 1 saturated carbocycles. The molecule has 16 heavy (non-hydrogen) atoms. The van der Waals surface area contributed by atoms with Gasteiger partial charge in [-0.15, -0.1) is 0 Å². The summed E-state index contributed by atoms with van der Waals surface area (Å²) < 4.78 is 0. The highest BCUT2D eigenvalue weighted by Gasteiger charge is 2.30. The molecule has 0 bridgehead atoms. The van der Waals surface area contributed by atoms with E-state index in [4.69, 9.17) is 34.0 Å². The van der Waals surface area contributed by atoms with E-state index in [1.54, 1.807) is 12.1 Å². The van der Waals surface area contributed by atoms with Gasteiger partial charge in [-0.1, -0.05) is 23.2 Å². The second kappa shape index (κ2) is 4.70. The second-order valence-corrected chi connectivity index (χ2v) is 4.79. The van der Waals surface area contributed by atoms with Crippen LogP contribution in [0.1, 0.15) is 12.8 Å². The number of nitrogen functional groups attached to an aromatic ring is 1. The third kappa shape index (κ3) is 2.37. The van der Waals surface area contributed by atoms with Crippen molar-refractivity contribution in [1.82, 2.24) is 0 Å². The molecule has 0 atom stereocenters. The van der Waals surface area contributed by atoms with Crippen LogP contribution in [0, 0.1) is 0 Å². The van der Waals surface area contributed by atoms with Crippen LogP contribution in [-0.2, 0) is 0 Å². The minimum atomic E-state index is 0.107. The lowest BCUT2D eigenvalue weighted by atomic mass is 10.2. The Morgan fingerprint density at radius 3 is 2.50 bits per heavy atom. The van der Waals surface area contributed by atoms with E-state index < -0.39 is 0 Å². The summed E-state index contributed by atoms with van der Waals surface area (Å²) in [5.41, 5.74) is 7.39. The first-order chi connectivity index (χ1) is 7.63. The second-order valence-electron chi connectivity index (χ2n) is 3.97. The van der Waals surface area contributed by atoms with Gasteiger partial charge in [0.2, 0.25) is 0 Å². The Labute approximate surface area is 105 Å². The monoisotopic (exact) mass is 260 g/mol. The number of hydrogen-bond donors (Lipinski definition) is 2. The van der Waals surface area contributed by atoms with E-state index in [1.165, 1.54) is 0 Å². The van der Waals surface area contributed by atoms with Gasteiger partial charge in [0.25, 0.3) is 0 Å². The van der Waals surface area contributed by atoms with Crippen LogP contribution in [-0.4, -0.2) is 24.3 Å². The largest absolute Gasteiger partial charge is 0.397 e. The predicted octanol–water partition coefficient (Wildman–Crippen LogP) is 2.54. The maximum absolute atomic E-state index is 9.05. The van der Waals surface area contributed by atoms with Gasteiger partial charge in [0.15, 0.2) is 0 Å². The van der Waals surface area contributed by atoms with Gasteiger partial charge >= 0.3 is 0 Å². The van der Waals surface area contributed by atoms with Gasteiger partial charge < -0.3 is 15.7 Å². The fraction of sp³-hybridized carbons (Fsp3) is 0.455. The van der Waals surface area contributed by atoms with Crippen LogP contribution in [0.25, 0.3) is 0 Å². The number of anilines is 2. The molecule has 0 saturated heterocycles. The Hall–Kier alpha value is -0.640. The standard InChI is InChI=1S/C11H14Cl2N2O/c12-8-5-10(14)11(6-9(8)13)15(3-4-16)7-1-2-7/h5-7,16H,1-4,14H2. The number of aliphatic hydroxyl groups is 1. The molecule has 1 fully saturated rings. The van der Waals surface area contributed by atoms with Gasteiger partial charge in [0.1, 0.15) is 0 Å². The third-order valence-electron chi connectivity index (χ3n) is 2.71. The molecule has 0 aromatic heterocycles. The lowest BCUT2D eigenvalue weighted by Crippen LogP contribution is -2.29. The summed E-state index contributed by atoms with van der Waals surface area (Å²) >= 11 is 11.9. The lowest BCUT2D eigenvalue weighted by molar-refractivity contribution is 0.301. The van der Waals surface area contributed by atoms with Crippen LogP contribution in [0.2, 0.25) is 10.0 Å². The van der Waals surface area contributed by atoms with Gasteiger partial charge in [-0.25, -0.2) is 0 Å². The van der Waals surface area contributed by atoms with E-state index in [9.17, 15) is 0 Å². The average molecular weight is 261 g/mol. The van der Waals surface area contributed by atoms with Crippen molar-refractivity contribution in [3.63, 3.8) is 0 Å². The molecular weight excluding hydrogens is 247 g/mol. The van der Waals surface area contributed by atoms with Gasteiger partial charge in [-0.3, -0.25) is 0 Å². The molecular formula is C11H14Cl2N2O. The molecule has 1 aromatic carbocycles. The summed E-state index contributed by atoms with van der Waals surface area (Å²) in [5.74, 6) is 0. The Balaban J connectivity index is 2.32. The zero-order valence-corrected chi connectivity index (χ0v) is 10.3. The molecule has 0 aliphatic heterocycles. The van der Waals surface area contributed by atoms with Crippen LogP contribution >= 0.6 is 23.2 Å². The number of rotatable bonds is 4. The van der Waals surface area contributed by atoms with Crippen molar-refractivity contribution in [3.8, 4) is 0 Å². The molecule has 1 aromatic rings. The molecule has 3 N–H and O–H groups in total. The van der Waals surface area contributed by atoms with E-state index in [0.29, 0.717) is 28.3 Å². The molecule has 1 aliphatic carbocycles. The summed E-state index contributed by atoms with van der Waals surface area (Å²) in [6, 6.07) is 3.91. The minimum absolute atomic E-state index is 0.107. The molecule has 1 aliphatic rings. The minimum Gasteiger partial charge on any atom is -0.397 e. The molecule has 0 amide bonds. The third-order valence-corrected chi connectivity index (χ3v) is 3.43. The molecule has 3 nitrogen and oxygen atoms in total. The van der Waals surface area contributed by atoms with Gasteiger partial charge in [0, 0.05) is 12.6 Å². The molecule has 2 rings (SSSR count). The maximum Gasteiger partial charge on any atom is 0.0619 e. The quantitative estimate of drug-likeness (QED) is 0.819. The molecule has 0 radical (unpaired) electrons. The number of aliphatic hydroxyl groups excluding tert-OH is 1. The predicted molar refractivity (Wildman–Crippen MR) is 68.3 cm³/mol. The van der Waals surface area contributed by atoms with Crippen molar-refractivity contribution in [2.24, 2.45) is 0 Å². The smallest absolute Gasteiger partial charge is 0.0619 e. The summed E-state index contributed by atoms with van der Waals surface area (Å²) in [5, 5.41) is 10.0. The van der Waals surface area contributed by atoms with E-state index in [2.05, 4.69) is 4.90 Å². The zero-order chi connectivity index (χ0) is 11.7. The van der Waals surface area contributed by atoms with Crippen molar-refractivity contribution < 1.29 is 5.11 Å². The van der Waals surface area contributed by atoms with E-state index >= 15 is 0 Å². The summed E-state index contributed by atoms with van der Waals surface area (Å²) in [7, 11) is 0. The van der Waals surface area contributed by atoms with Crippen molar-refractivity contribution in [2.75, 3.05) is 23.8 Å². The topological polar surface area (TPSA) is 49.5 Å². The highest BCUT2D eigenvalue weighted by Crippen LogP contribution is 2.38. The summed E-state index contributed by atoms with van der Waals surface area (Å²) in [4.78, 5) is 2.09. The molecule has 88 valence electrons. The van der Waals surface area contributed by atoms with Crippen molar-refractivity contribution >= 4 is 34.6 Å². The highest BCUT2D eigenvalue weighted by molar-refractivity contribution is 6.42. The van der Waals surface area contributed by atoms with E-state index in [1.807, 2.05) is 0 Å². The van der Waals surface area contributed by atoms with Crippen LogP contribution in [0.3, 0.4) is 0 Å². The maximum atomic E-state index is 9.05. The molecule has 0 unspecified atom stereocenters. The zero-order valence-electron chi connectivity index (χ0n) is 8.79. The van der Waals surface area contributed by atoms with Crippen LogP contribution in [0.5, 0.6) is 0 Å². The van der Waals surface area contributed by atoms with Crippen molar-refractivity contribution in [3.05, 3.63) is 22.2 Å². The average Bonchev–Trinajstić information content (AvgIpc) is 3.04. The SMILES string of the molecule is Nc1cc(Cl)c(Cl)cc1N(CCO)C1CC1. The molecule has 5 heteroatoms. The number of hydrogen-bond acceptors (Lipinski definition) is 3. The molecule has 0 spiro atoms. The fourth-order valence-corrected chi connectivity index (χ4v) is 2.12. The normalized spacial score (nSPS) is 15.2. The number of nitrogens with two attached hydrogens (primary N) is 1. The first kappa shape index (κ1) is 11.8. The van der Waals surface area contributed by atoms with Gasteiger partial charge in [0.05, 0.1) is 28.0 Å². The van der Waals surface area contributed by atoms with Crippen LogP contribution in [0.15, 0.2) is 12.1 Å². The fourth-order valence-electron chi connectivity index (χ4n) is 1.79. The summed E-state index contributed by atoms with van der Waals surface area (Å²) in [6.07, 6.45) is 2.28. The van der Waals surface area contributed by atoms with E-state index in [0.717, 1.165) is 18.5 Å². The Morgan fingerprint density at radius 2 is 1.94 bits per heavy atom. The summed E-state index contributed by atoms with van der Waals surface area (Å²) in [6.45, 7) is 0.684. The first-order valence-electron chi connectivity index (χ1n) is 5.25. The lowest BCUT2D eigenvalue weighted by Gasteiger charge is -2.25. The number of halogens is 2.